The largest absolute Gasteiger partial charge is 0.481 e. The molecule has 0 saturated carbocycles. The lowest BCUT2D eigenvalue weighted by Gasteiger charge is -2.31. The van der Waals surface area contributed by atoms with Gasteiger partial charge in [0.25, 0.3) is 0 Å². The molecule has 0 saturated heterocycles. The molecule has 0 amide bonds. The number of aryl methyl sites for hydroxylation is 2. The molecule has 6 nitrogen and oxygen atoms in total. The van der Waals surface area contributed by atoms with Crippen LogP contribution in [0.5, 0.6) is 0 Å². The molecule has 0 aliphatic carbocycles. The van der Waals surface area contributed by atoms with Crippen LogP contribution in [0.4, 0.5) is 5.69 Å². The van der Waals surface area contributed by atoms with Crippen LogP contribution in [0.2, 0.25) is 0 Å². The van der Waals surface area contributed by atoms with Gasteiger partial charge in [-0.3, -0.25) is 4.79 Å². The topological polar surface area (TPSA) is 50.3 Å². The summed E-state index contributed by atoms with van der Waals surface area (Å²) >= 11 is 5.43. The van der Waals surface area contributed by atoms with E-state index >= 15 is 0 Å². The molecule has 1 aromatic carbocycles. The summed E-state index contributed by atoms with van der Waals surface area (Å²) in [6, 6.07) is 6.44. The van der Waals surface area contributed by atoms with E-state index in [9.17, 15) is 4.79 Å². The lowest BCUT2D eigenvalue weighted by molar-refractivity contribution is -0.137. The smallest absolute Gasteiger partial charge is 0.303 e. The molecule has 0 aliphatic rings. The Hall–Kier alpha value is -1.86. The van der Waals surface area contributed by atoms with E-state index in [4.69, 9.17) is 17.3 Å². The molecule has 1 N–H and O–H groups in total. The first kappa shape index (κ1) is 26.2. The standard InChI is InChI=1S/C23H40N4O2S/c1-19-11-10-12-20(2)22(19)27(14-9-7-8-13-21(28)29)18-16-25(5)15-17-26(6)23(30)24(3)4/h10-12H,7-9,13-18H2,1-6H3,(H,28,29). The molecule has 170 valence electrons. The predicted octanol–water partition coefficient (Wildman–Crippen LogP) is 3.46. The highest BCUT2D eigenvalue weighted by Crippen LogP contribution is 2.25. The van der Waals surface area contributed by atoms with Crippen molar-refractivity contribution >= 4 is 29.0 Å². The zero-order valence-corrected chi connectivity index (χ0v) is 20.5. The molecule has 0 radical (unpaired) electrons. The Labute approximate surface area is 188 Å². The van der Waals surface area contributed by atoms with E-state index in [0.717, 1.165) is 57.1 Å². The van der Waals surface area contributed by atoms with Gasteiger partial charge < -0.3 is 24.7 Å². The molecule has 0 bridgehead atoms. The number of rotatable bonds is 13. The van der Waals surface area contributed by atoms with Crippen LogP contribution >= 0.6 is 12.2 Å². The summed E-state index contributed by atoms with van der Waals surface area (Å²) in [5, 5.41) is 9.69. The summed E-state index contributed by atoms with van der Waals surface area (Å²) in [4.78, 5) is 19.6. The summed E-state index contributed by atoms with van der Waals surface area (Å²) in [6.45, 7) is 9.04. The van der Waals surface area contributed by atoms with E-state index in [2.05, 4.69) is 53.8 Å². The molecule has 0 aliphatic heterocycles. The normalized spacial score (nSPS) is 10.9. The lowest BCUT2D eigenvalue weighted by Crippen LogP contribution is -2.42. The van der Waals surface area contributed by atoms with Crippen LogP contribution in [-0.2, 0) is 4.79 Å². The molecule has 0 unspecified atom stereocenters. The van der Waals surface area contributed by atoms with Gasteiger partial charge in [-0.05, 0) is 57.1 Å². The van der Waals surface area contributed by atoms with E-state index in [-0.39, 0.29) is 6.42 Å². The maximum absolute atomic E-state index is 10.7. The highest BCUT2D eigenvalue weighted by molar-refractivity contribution is 7.80. The second-order valence-corrected chi connectivity index (χ2v) is 8.70. The van der Waals surface area contributed by atoms with Crippen LogP contribution in [0.1, 0.15) is 36.8 Å². The number of carboxylic acids is 1. The number of carbonyl (C=O) groups is 1. The summed E-state index contributed by atoms with van der Waals surface area (Å²) in [5.74, 6) is -0.707. The fourth-order valence-electron chi connectivity index (χ4n) is 3.56. The number of unbranched alkanes of at least 4 members (excludes halogenated alkanes) is 2. The third-order valence-electron chi connectivity index (χ3n) is 5.35. The SMILES string of the molecule is Cc1cccc(C)c1N(CCCCCC(=O)O)CCN(C)CCN(C)C(=S)N(C)C. The number of para-hydroxylation sites is 1. The zero-order valence-electron chi connectivity index (χ0n) is 19.6. The molecule has 7 heteroatoms. The highest BCUT2D eigenvalue weighted by atomic mass is 32.1. The lowest BCUT2D eigenvalue weighted by atomic mass is 10.1. The number of benzene rings is 1. The molecule has 0 atom stereocenters. The highest BCUT2D eigenvalue weighted by Gasteiger charge is 2.14. The Balaban J connectivity index is 2.64. The average Bonchev–Trinajstić information content (AvgIpc) is 2.68. The van der Waals surface area contributed by atoms with Gasteiger partial charge in [-0.25, -0.2) is 0 Å². The Morgan fingerprint density at radius 3 is 2.07 bits per heavy atom. The second kappa shape index (κ2) is 13.4. The number of anilines is 1. The molecule has 1 rings (SSSR count). The quantitative estimate of drug-likeness (QED) is 0.375. The molecule has 0 fully saturated rings. The minimum Gasteiger partial charge on any atom is -0.481 e. The summed E-state index contributed by atoms with van der Waals surface area (Å²) in [6.07, 6.45) is 2.95. The fraction of sp³-hybridized carbons (Fsp3) is 0.652. The van der Waals surface area contributed by atoms with Crippen LogP contribution < -0.4 is 4.90 Å². The summed E-state index contributed by atoms with van der Waals surface area (Å²) in [7, 11) is 8.14. The van der Waals surface area contributed by atoms with Gasteiger partial charge in [0.15, 0.2) is 5.11 Å². The van der Waals surface area contributed by atoms with Crippen molar-refractivity contribution in [3.63, 3.8) is 0 Å². The van der Waals surface area contributed by atoms with Gasteiger partial charge in [0.1, 0.15) is 0 Å². The summed E-state index contributed by atoms with van der Waals surface area (Å²) in [5.41, 5.74) is 3.90. The molecule has 0 spiro atoms. The monoisotopic (exact) mass is 436 g/mol. The average molecular weight is 437 g/mol. The van der Waals surface area contributed by atoms with Gasteiger partial charge in [0.05, 0.1) is 0 Å². The maximum atomic E-state index is 10.7. The third-order valence-corrected chi connectivity index (χ3v) is 6.03. The first-order chi connectivity index (χ1) is 14.1. The number of hydrogen-bond donors (Lipinski definition) is 1. The van der Waals surface area contributed by atoms with E-state index in [0.29, 0.717) is 0 Å². The Kier molecular flexibility index (Phi) is 11.7. The van der Waals surface area contributed by atoms with Crippen molar-refractivity contribution < 1.29 is 9.90 Å². The maximum Gasteiger partial charge on any atom is 0.303 e. The minimum atomic E-state index is -0.707. The van der Waals surface area contributed by atoms with Gasteiger partial charge in [0, 0.05) is 66.0 Å². The van der Waals surface area contributed by atoms with E-state index in [1.54, 1.807) is 0 Å². The van der Waals surface area contributed by atoms with Crippen molar-refractivity contribution in [2.75, 3.05) is 65.8 Å². The van der Waals surface area contributed by atoms with Gasteiger partial charge in [-0.15, -0.1) is 0 Å². The minimum absolute atomic E-state index is 0.258. The first-order valence-corrected chi connectivity index (χ1v) is 11.2. The number of hydrogen-bond acceptors (Lipinski definition) is 4. The van der Waals surface area contributed by atoms with Crippen LogP contribution in [0.25, 0.3) is 0 Å². The van der Waals surface area contributed by atoms with Gasteiger partial charge >= 0.3 is 5.97 Å². The van der Waals surface area contributed by atoms with Crippen LogP contribution in [0, 0.1) is 13.8 Å². The van der Waals surface area contributed by atoms with Crippen LogP contribution in [0.15, 0.2) is 18.2 Å². The van der Waals surface area contributed by atoms with E-state index in [1.807, 2.05) is 26.0 Å². The fourth-order valence-corrected chi connectivity index (χ4v) is 3.65. The van der Waals surface area contributed by atoms with E-state index < -0.39 is 5.97 Å². The van der Waals surface area contributed by atoms with Gasteiger partial charge in [-0.1, -0.05) is 24.6 Å². The number of likely N-dealkylation sites (N-methyl/N-ethyl adjacent to an activating group) is 2. The molecular formula is C23H40N4O2S. The first-order valence-electron chi connectivity index (χ1n) is 10.8. The van der Waals surface area contributed by atoms with Crippen LogP contribution in [0.3, 0.4) is 0 Å². The number of aliphatic carboxylic acids is 1. The summed E-state index contributed by atoms with van der Waals surface area (Å²) < 4.78 is 0. The number of nitrogens with zero attached hydrogens (tertiary/aromatic N) is 4. The number of carboxylic acid groups (broad SMARTS) is 1. The molecule has 0 heterocycles. The molecular weight excluding hydrogens is 396 g/mol. The van der Waals surface area contributed by atoms with Crippen molar-refractivity contribution in [3.05, 3.63) is 29.3 Å². The zero-order chi connectivity index (χ0) is 22.7. The van der Waals surface area contributed by atoms with Crippen molar-refractivity contribution in [1.82, 2.24) is 14.7 Å². The van der Waals surface area contributed by atoms with Gasteiger partial charge in [-0.2, -0.15) is 0 Å². The van der Waals surface area contributed by atoms with Crippen molar-refractivity contribution in [3.8, 4) is 0 Å². The van der Waals surface area contributed by atoms with Gasteiger partial charge in [0.2, 0.25) is 0 Å². The van der Waals surface area contributed by atoms with E-state index in [1.165, 1.54) is 16.8 Å². The molecule has 30 heavy (non-hydrogen) atoms. The molecule has 0 aromatic heterocycles. The molecule has 1 aromatic rings. The van der Waals surface area contributed by atoms with Crippen LogP contribution in [-0.4, -0.2) is 91.8 Å². The Morgan fingerprint density at radius 1 is 0.900 bits per heavy atom. The third kappa shape index (κ3) is 9.30. The Morgan fingerprint density at radius 2 is 1.50 bits per heavy atom. The Bertz CT molecular complexity index is 661. The predicted molar refractivity (Wildman–Crippen MR) is 131 cm³/mol. The van der Waals surface area contributed by atoms with Crippen molar-refractivity contribution in [2.24, 2.45) is 0 Å². The van der Waals surface area contributed by atoms with Crippen molar-refractivity contribution in [2.45, 2.75) is 39.5 Å². The number of thiocarbonyl (C=S) groups is 1. The second-order valence-electron chi connectivity index (χ2n) is 8.33. The van der Waals surface area contributed by atoms with Crippen molar-refractivity contribution in [1.29, 1.82) is 0 Å².